The Morgan fingerprint density at radius 1 is 1.55 bits per heavy atom. The van der Waals surface area contributed by atoms with Crippen LogP contribution in [0, 0.1) is 5.92 Å². The molecule has 1 heterocycles. The number of ketones is 1. The first kappa shape index (κ1) is 6.89. The SMILES string of the molecule is O=C(C1=CCCCO1)C1CC1. The minimum Gasteiger partial charge on any atom is -0.490 e. The molecule has 11 heavy (non-hydrogen) atoms. The molecule has 2 aliphatic rings. The highest BCUT2D eigenvalue weighted by molar-refractivity contribution is 5.96. The highest BCUT2D eigenvalue weighted by Crippen LogP contribution is 2.33. The molecular weight excluding hydrogens is 140 g/mol. The zero-order chi connectivity index (χ0) is 7.68. The molecule has 2 nitrogen and oxygen atoms in total. The third kappa shape index (κ3) is 1.44. The average molecular weight is 152 g/mol. The van der Waals surface area contributed by atoms with E-state index in [1.807, 2.05) is 6.08 Å². The molecule has 0 saturated heterocycles. The molecule has 0 aromatic rings. The maximum atomic E-state index is 11.4. The molecular formula is C9H12O2. The zero-order valence-electron chi connectivity index (χ0n) is 6.51. The fourth-order valence-electron chi connectivity index (χ4n) is 1.28. The van der Waals surface area contributed by atoms with Crippen LogP contribution in [0.5, 0.6) is 0 Å². The quantitative estimate of drug-likeness (QED) is 0.601. The van der Waals surface area contributed by atoms with Gasteiger partial charge in [-0.25, -0.2) is 0 Å². The fourth-order valence-corrected chi connectivity index (χ4v) is 1.28. The molecule has 0 radical (unpaired) electrons. The second kappa shape index (κ2) is 2.68. The van der Waals surface area contributed by atoms with Gasteiger partial charge in [-0.1, -0.05) is 0 Å². The summed E-state index contributed by atoms with van der Waals surface area (Å²) in [5.74, 6) is 1.18. The second-order valence-electron chi connectivity index (χ2n) is 3.20. The fraction of sp³-hybridized carbons (Fsp3) is 0.667. The summed E-state index contributed by atoms with van der Waals surface area (Å²) in [4.78, 5) is 11.4. The summed E-state index contributed by atoms with van der Waals surface area (Å²) in [5, 5.41) is 0. The van der Waals surface area contributed by atoms with Crippen molar-refractivity contribution in [2.24, 2.45) is 5.92 Å². The van der Waals surface area contributed by atoms with E-state index in [1.165, 1.54) is 0 Å². The number of rotatable bonds is 2. The molecule has 2 heteroatoms. The molecule has 0 spiro atoms. The van der Waals surface area contributed by atoms with Gasteiger partial charge >= 0.3 is 0 Å². The average Bonchev–Trinajstić information content (AvgIpc) is 2.87. The van der Waals surface area contributed by atoms with E-state index in [1.54, 1.807) is 0 Å². The van der Waals surface area contributed by atoms with Gasteiger partial charge < -0.3 is 4.74 Å². The van der Waals surface area contributed by atoms with E-state index in [0.717, 1.165) is 32.3 Å². The lowest BCUT2D eigenvalue weighted by atomic mass is 10.1. The lowest BCUT2D eigenvalue weighted by Crippen LogP contribution is -2.12. The Morgan fingerprint density at radius 2 is 2.36 bits per heavy atom. The summed E-state index contributed by atoms with van der Waals surface area (Å²) >= 11 is 0. The summed E-state index contributed by atoms with van der Waals surface area (Å²) in [6.07, 6.45) is 6.14. The summed E-state index contributed by atoms with van der Waals surface area (Å²) < 4.78 is 5.25. The van der Waals surface area contributed by atoms with Crippen molar-refractivity contribution < 1.29 is 9.53 Å². The summed E-state index contributed by atoms with van der Waals surface area (Å²) in [6.45, 7) is 0.726. The van der Waals surface area contributed by atoms with Crippen molar-refractivity contribution in [3.63, 3.8) is 0 Å². The Labute approximate surface area is 66.2 Å². The molecule has 1 fully saturated rings. The molecule has 2 rings (SSSR count). The minimum atomic E-state index is 0.240. The number of ether oxygens (including phenoxy) is 1. The van der Waals surface area contributed by atoms with E-state index in [0.29, 0.717) is 11.7 Å². The van der Waals surface area contributed by atoms with Crippen LogP contribution in [0.25, 0.3) is 0 Å². The van der Waals surface area contributed by atoms with Crippen molar-refractivity contribution >= 4 is 5.78 Å². The van der Waals surface area contributed by atoms with Crippen LogP contribution in [-0.4, -0.2) is 12.4 Å². The first-order chi connectivity index (χ1) is 5.38. The normalized spacial score (nSPS) is 23.8. The lowest BCUT2D eigenvalue weighted by molar-refractivity contribution is -0.120. The molecule has 0 atom stereocenters. The standard InChI is InChI=1S/C9H12O2/c10-9(7-4-5-7)8-3-1-2-6-11-8/h3,7H,1-2,4-6H2. The molecule has 0 bridgehead atoms. The monoisotopic (exact) mass is 152 g/mol. The van der Waals surface area contributed by atoms with Crippen molar-refractivity contribution in [3.05, 3.63) is 11.8 Å². The van der Waals surface area contributed by atoms with Crippen LogP contribution in [0.2, 0.25) is 0 Å². The maximum absolute atomic E-state index is 11.4. The van der Waals surface area contributed by atoms with Gasteiger partial charge in [0, 0.05) is 5.92 Å². The van der Waals surface area contributed by atoms with Crippen molar-refractivity contribution in [2.45, 2.75) is 25.7 Å². The molecule has 1 saturated carbocycles. The molecule has 60 valence electrons. The van der Waals surface area contributed by atoms with E-state index < -0.39 is 0 Å². The third-order valence-corrected chi connectivity index (χ3v) is 2.13. The van der Waals surface area contributed by atoms with E-state index in [9.17, 15) is 4.79 Å². The van der Waals surface area contributed by atoms with Gasteiger partial charge in [0.15, 0.2) is 11.5 Å². The van der Waals surface area contributed by atoms with Crippen LogP contribution in [-0.2, 0) is 9.53 Å². The van der Waals surface area contributed by atoms with Gasteiger partial charge in [-0.2, -0.15) is 0 Å². The number of Topliss-reactive ketones (excluding diaryl/α,β-unsaturated/α-hetero) is 1. The van der Waals surface area contributed by atoms with Crippen molar-refractivity contribution in [3.8, 4) is 0 Å². The van der Waals surface area contributed by atoms with E-state index in [2.05, 4.69) is 0 Å². The van der Waals surface area contributed by atoms with Gasteiger partial charge in [-0.3, -0.25) is 4.79 Å². The topological polar surface area (TPSA) is 26.3 Å². The van der Waals surface area contributed by atoms with Crippen molar-refractivity contribution in [2.75, 3.05) is 6.61 Å². The molecule has 1 aliphatic heterocycles. The third-order valence-electron chi connectivity index (χ3n) is 2.13. The molecule has 1 aliphatic carbocycles. The van der Waals surface area contributed by atoms with Gasteiger partial charge in [0.25, 0.3) is 0 Å². The highest BCUT2D eigenvalue weighted by atomic mass is 16.5. The molecule has 0 N–H and O–H groups in total. The molecule has 0 aromatic carbocycles. The Hall–Kier alpha value is -0.790. The van der Waals surface area contributed by atoms with Gasteiger partial charge in [0.2, 0.25) is 0 Å². The smallest absolute Gasteiger partial charge is 0.200 e. The Bertz CT molecular complexity index is 202. The number of hydrogen-bond acceptors (Lipinski definition) is 2. The predicted molar refractivity (Wildman–Crippen MR) is 41.0 cm³/mol. The lowest BCUT2D eigenvalue weighted by Gasteiger charge is -2.12. The first-order valence-electron chi connectivity index (χ1n) is 4.25. The summed E-state index contributed by atoms with van der Waals surface area (Å²) in [7, 11) is 0. The van der Waals surface area contributed by atoms with Gasteiger partial charge in [0.05, 0.1) is 6.61 Å². The number of allylic oxidation sites excluding steroid dienone is 2. The van der Waals surface area contributed by atoms with E-state index in [4.69, 9.17) is 4.74 Å². The van der Waals surface area contributed by atoms with E-state index in [-0.39, 0.29) is 5.78 Å². The Balaban J connectivity index is 2.01. The van der Waals surface area contributed by atoms with E-state index >= 15 is 0 Å². The molecule has 0 unspecified atom stereocenters. The van der Waals surface area contributed by atoms with Crippen LogP contribution >= 0.6 is 0 Å². The van der Waals surface area contributed by atoms with Crippen LogP contribution in [0.3, 0.4) is 0 Å². The van der Waals surface area contributed by atoms with Crippen LogP contribution in [0.1, 0.15) is 25.7 Å². The number of carbonyl (C=O) groups excluding carboxylic acids is 1. The van der Waals surface area contributed by atoms with Gasteiger partial charge in [-0.05, 0) is 31.8 Å². The van der Waals surface area contributed by atoms with Crippen molar-refractivity contribution in [1.82, 2.24) is 0 Å². The zero-order valence-corrected chi connectivity index (χ0v) is 6.51. The maximum Gasteiger partial charge on any atom is 0.200 e. The summed E-state index contributed by atoms with van der Waals surface area (Å²) in [5.41, 5.74) is 0. The van der Waals surface area contributed by atoms with Crippen molar-refractivity contribution in [1.29, 1.82) is 0 Å². The van der Waals surface area contributed by atoms with Crippen LogP contribution in [0.15, 0.2) is 11.8 Å². The largest absolute Gasteiger partial charge is 0.490 e. The second-order valence-corrected chi connectivity index (χ2v) is 3.20. The van der Waals surface area contributed by atoms with Crippen LogP contribution < -0.4 is 0 Å². The minimum absolute atomic E-state index is 0.240. The highest BCUT2D eigenvalue weighted by Gasteiger charge is 2.33. The summed E-state index contributed by atoms with van der Waals surface area (Å²) in [6, 6.07) is 0. The van der Waals surface area contributed by atoms with Gasteiger partial charge in [-0.15, -0.1) is 0 Å². The Morgan fingerprint density at radius 3 is 2.91 bits per heavy atom. The molecule has 0 amide bonds. The number of hydrogen-bond donors (Lipinski definition) is 0. The first-order valence-corrected chi connectivity index (χ1v) is 4.25. The van der Waals surface area contributed by atoms with Crippen LogP contribution in [0.4, 0.5) is 0 Å². The molecule has 0 aromatic heterocycles. The predicted octanol–water partition coefficient (Wildman–Crippen LogP) is 1.66. The van der Waals surface area contributed by atoms with Gasteiger partial charge in [0.1, 0.15) is 0 Å². The Kier molecular flexibility index (Phi) is 1.68. The number of carbonyl (C=O) groups is 1.